The van der Waals surface area contributed by atoms with Gasteiger partial charge >= 0.3 is 0 Å². The summed E-state index contributed by atoms with van der Waals surface area (Å²) < 4.78 is 0. The highest BCUT2D eigenvalue weighted by Crippen LogP contribution is 2.27. The molecule has 6 nitrogen and oxygen atoms in total. The zero-order valence-corrected chi connectivity index (χ0v) is 18.9. The first-order valence-corrected chi connectivity index (χ1v) is 11.4. The molecule has 0 radical (unpaired) electrons. The van der Waals surface area contributed by atoms with Gasteiger partial charge in [-0.05, 0) is 35.6 Å². The van der Waals surface area contributed by atoms with E-state index in [0.717, 1.165) is 23.1 Å². The fourth-order valence-corrected chi connectivity index (χ4v) is 4.46. The largest absolute Gasteiger partial charge is 0.506 e. The number of hydrogen-bond acceptors (Lipinski definition) is 4. The highest BCUT2D eigenvalue weighted by atomic mass is 16.3. The standard InChI is InChI=1S/C27H29N3O3/c1-2-12-29-13-14-30(26(32)22-16-24(31)18-28-17-22)19-23(27(29)33)15-21-10-6-7-11-25(21)20-8-4-3-5-9-20/h3-11,16-18,23,31H,2,12-15,19H2,1H3. The highest BCUT2D eigenvalue weighted by Gasteiger charge is 2.33. The van der Waals surface area contributed by atoms with Crippen LogP contribution >= 0.6 is 0 Å². The van der Waals surface area contributed by atoms with Crippen LogP contribution in [0.2, 0.25) is 0 Å². The summed E-state index contributed by atoms with van der Waals surface area (Å²) in [6, 6.07) is 19.7. The Morgan fingerprint density at radius 3 is 2.58 bits per heavy atom. The molecule has 2 heterocycles. The van der Waals surface area contributed by atoms with Gasteiger partial charge in [-0.25, -0.2) is 0 Å². The molecule has 1 saturated heterocycles. The number of benzene rings is 2. The summed E-state index contributed by atoms with van der Waals surface area (Å²) in [6.07, 6.45) is 4.17. The van der Waals surface area contributed by atoms with E-state index < -0.39 is 0 Å². The van der Waals surface area contributed by atoms with Crippen LogP contribution in [0.1, 0.15) is 29.3 Å². The molecular weight excluding hydrogens is 414 g/mol. The number of hydrogen-bond donors (Lipinski definition) is 1. The number of carbonyl (C=O) groups is 2. The van der Waals surface area contributed by atoms with E-state index in [4.69, 9.17) is 0 Å². The number of pyridine rings is 1. The van der Waals surface area contributed by atoms with Gasteiger partial charge in [-0.15, -0.1) is 0 Å². The molecule has 1 atom stereocenters. The van der Waals surface area contributed by atoms with E-state index in [0.29, 0.717) is 38.2 Å². The van der Waals surface area contributed by atoms with Crippen molar-refractivity contribution < 1.29 is 14.7 Å². The monoisotopic (exact) mass is 443 g/mol. The number of carbonyl (C=O) groups excluding carboxylic acids is 2. The van der Waals surface area contributed by atoms with Crippen LogP contribution in [0.3, 0.4) is 0 Å². The molecule has 0 bridgehead atoms. The molecule has 1 aliphatic heterocycles. The lowest BCUT2D eigenvalue weighted by Crippen LogP contribution is -2.38. The van der Waals surface area contributed by atoms with Gasteiger partial charge in [0.25, 0.3) is 5.91 Å². The zero-order chi connectivity index (χ0) is 23.2. The van der Waals surface area contributed by atoms with Crippen LogP contribution in [0.4, 0.5) is 0 Å². The molecule has 3 aromatic rings. The summed E-state index contributed by atoms with van der Waals surface area (Å²) in [6.45, 7) is 4.01. The van der Waals surface area contributed by atoms with Crippen molar-refractivity contribution in [1.29, 1.82) is 0 Å². The third-order valence-corrected chi connectivity index (χ3v) is 6.06. The van der Waals surface area contributed by atoms with Crippen molar-refractivity contribution >= 4 is 11.8 Å². The molecule has 1 unspecified atom stereocenters. The van der Waals surface area contributed by atoms with E-state index in [2.05, 4.69) is 36.2 Å². The fraction of sp³-hybridized carbons (Fsp3) is 0.296. The van der Waals surface area contributed by atoms with Crippen LogP contribution in [-0.4, -0.2) is 57.9 Å². The molecule has 33 heavy (non-hydrogen) atoms. The van der Waals surface area contributed by atoms with Crippen LogP contribution in [0.25, 0.3) is 11.1 Å². The van der Waals surface area contributed by atoms with Crippen molar-refractivity contribution in [2.24, 2.45) is 5.92 Å². The zero-order valence-electron chi connectivity index (χ0n) is 18.9. The summed E-state index contributed by atoms with van der Waals surface area (Å²) in [5.74, 6) is -0.527. The quantitative estimate of drug-likeness (QED) is 0.625. The van der Waals surface area contributed by atoms with Gasteiger partial charge < -0.3 is 14.9 Å². The predicted molar refractivity (Wildman–Crippen MR) is 128 cm³/mol. The van der Waals surface area contributed by atoms with Gasteiger partial charge in [0, 0.05) is 32.4 Å². The summed E-state index contributed by atoms with van der Waals surface area (Å²) >= 11 is 0. The molecule has 170 valence electrons. The molecule has 2 amide bonds. The maximum atomic E-state index is 13.5. The van der Waals surface area contributed by atoms with Gasteiger partial charge in [0.2, 0.25) is 5.91 Å². The van der Waals surface area contributed by atoms with E-state index >= 15 is 0 Å². The van der Waals surface area contributed by atoms with Crippen LogP contribution in [0.5, 0.6) is 5.75 Å². The molecule has 4 rings (SSSR count). The summed E-state index contributed by atoms with van der Waals surface area (Å²) in [4.78, 5) is 34.2. The summed E-state index contributed by atoms with van der Waals surface area (Å²) in [5.41, 5.74) is 3.63. The van der Waals surface area contributed by atoms with Crippen LogP contribution < -0.4 is 0 Å². The second kappa shape index (κ2) is 10.3. The van der Waals surface area contributed by atoms with Crippen molar-refractivity contribution in [1.82, 2.24) is 14.8 Å². The lowest BCUT2D eigenvalue weighted by molar-refractivity contribution is -0.134. The van der Waals surface area contributed by atoms with E-state index in [1.807, 2.05) is 35.2 Å². The van der Waals surface area contributed by atoms with Crippen molar-refractivity contribution in [3.63, 3.8) is 0 Å². The minimum absolute atomic E-state index is 0.0484. The van der Waals surface area contributed by atoms with Crippen molar-refractivity contribution in [2.75, 3.05) is 26.2 Å². The number of nitrogens with zero attached hydrogens (tertiary/aromatic N) is 3. The summed E-state index contributed by atoms with van der Waals surface area (Å²) in [7, 11) is 0. The second-order valence-electron chi connectivity index (χ2n) is 8.43. The Balaban J connectivity index is 1.64. The molecule has 0 spiro atoms. The first kappa shape index (κ1) is 22.5. The second-order valence-corrected chi connectivity index (χ2v) is 8.43. The Hall–Kier alpha value is -3.67. The Kier molecular flexibility index (Phi) is 7.03. The van der Waals surface area contributed by atoms with E-state index in [-0.39, 0.29) is 23.5 Å². The smallest absolute Gasteiger partial charge is 0.255 e. The van der Waals surface area contributed by atoms with Gasteiger partial charge in [-0.1, -0.05) is 61.5 Å². The van der Waals surface area contributed by atoms with Gasteiger partial charge in [-0.2, -0.15) is 0 Å². The van der Waals surface area contributed by atoms with Crippen LogP contribution in [-0.2, 0) is 11.2 Å². The topological polar surface area (TPSA) is 73.7 Å². The third-order valence-electron chi connectivity index (χ3n) is 6.06. The maximum Gasteiger partial charge on any atom is 0.255 e. The summed E-state index contributed by atoms with van der Waals surface area (Å²) in [5, 5.41) is 9.76. The Bertz CT molecular complexity index is 1120. The lowest BCUT2D eigenvalue weighted by Gasteiger charge is -2.24. The normalized spacial score (nSPS) is 16.5. The van der Waals surface area contributed by atoms with Gasteiger partial charge in [0.1, 0.15) is 5.75 Å². The minimum atomic E-state index is -0.349. The van der Waals surface area contributed by atoms with Crippen LogP contribution in [0.15, 0.2) is 73.1 Å². The van der Waals surface area contributed by atoms with Crippen molar-refractivity contribution in [3.8, 4) is 16.9 Å². The lowest BCUT2D eigenvalue weighted by atomic mass is 9.91. The number of rotatable bonds is 6. The maximum absolute atomic E-state index is 13.5. The molecule has 1 aliphatic rings. The van der Waals surface area contributed by atoms with E-state index in [1.165, 1.54) is 18.5 Å². The molecule has 1 fully saturated rings. The van der Waals surface area contributed by atoms with Crippen molar-refractivity contribution in [2.45, 2.75) is 19.8 Å². The van der Waals surface area contributed by atoms with Crippen molar-refractivity contribution in [3.05, 3.63) is 84.2 Å². The van der Waals surface area contributed by atoms with E-state index in [9.17, 15) is 14.7 Å². The molecule has 0 saturated carbocycles. The average Bonchev–Trinajstić information content (AvgIpc) is 2.99. The SMILES string of the molecule is CCCN1CCN(C(=O)c2cncc(O)c2)CC(Cc2ccccc2-c2ccccc2)C1=O. The predicted octanol–water partition coefficient (Wildman–Crippen LogP) is 4.01. The number of aromatic hydroxyl groups is 1. The number of aromatic nitrogens is 1. The Labute approximate surface area is 194 Å². The number of amides is 2. The van der Waals surface area contributed by atoms with Gasteiger partial charge in [-0.3, -0.25) is 14.6 Å². The molecule has 2 aromatic carbocycles. The van der Waals surface area contributed by atoms with E-state index in [1.54, 1.807) is 4.90 Å². The van der Waals surface area contributed by atoms with Gasteiger partial charge in [0.15, 0.2) is 0 Å². The highest BCUT2D eigenvalue weighted by molar-refractivity contribution is 5.95. The van der Waals surface area contributed by atoms with Crippen LogP contribution in [0, 0.1) is 5.92 Å². The molecule has 1 N–H and O–H groups in total. The molecule has 6 heteroatoms. The first-order valence-electron chi connectivity index (χ1n) is 11.4. The Morgan fingerprint density at radius 2 is 1.82 bits per heavy atom. The molecular formula is C27H29N3O3. The Morgan fingerprint density at radius 1 is 1.06 bits per heavy atom. The van der Waals surface area contributed by atoms with Gasteiger partial charge in [0.05, 0.1) is 17.7 Å². The minimum Gasteiger partial charge on any atom is -0.506 e. The molecule has 1 aromatic heterocycles. The first-order chi connectivity index (χ1) is 16.1. The molecule has 0 aliphatic carbocycles. The third kappa shape index (κ3) is 5.22. The fourth-order valence-electron chi connectivity index (χ4n) is 4.46. The average molecular weight is 444 g/mol.